The van der Waals surface area contributed by atoms with Crippen molar-refractivity contribution in [2.75, 3.05) is 12.3 Å². The molecule has 0 unspecified atom stereocenters. The van der Waals surface area contributed by atoms with E-state index < -0.39 is 24.8 Å². The number of nitrogen functional groups attached to an aromatic ring is 1. The predicted molar refractivity (Wildman–Crippen MR) is 66.4 cm³/mol. The van der Waals surface area contributed by atoms with E-state index in [2.05, 4.69) is 15.0 Å². The van der Waals surface area contributed by atoms with Crippen LogP contribution in [-0.2, 0) is 10.7 Å². The monoisotopic (exact) mass is 303 g/mol. The lowest BCUT2D eigenvalue weighted by Crippen LogP contribution is -2.29. The zero-order chi connectivity index (χ0) is 14.5. The summed E-state index contributed by atoms with van der Waals surface area (Å²) in [5.41, 5.74) is 5.86. The van der Waals surface area contributed by atoms with Gasteiger partial charge in [0.05, 0.1) is 19.1 Å². The Morgan fingerprint density at radius 3 is 3.00 bits per heavy atom. The van der Waals surface area contributed by atoms with Gasteiger partial charge in [0.2, 0.25) is 5.28 Å². The number of rotatable bonds is 2. The first-order valence-corrected chi connectivity index (χ1v) is 6.14. The van der Waals surface area contributed by atoms with Gasteiger partial charge in [0.15, 0.2) is 11.5 Å². The summed E-state index contributed by atoms with van der Waals surface area (Å²) in [6, 6.07) is 0. The Labute approximate surface area is 117 Å². The summed E-state index contributed by atoms with van der Waals surface area (Å²) >= 11 is 5.69. The third-order valence-electron chi connectivity index (χ3n) is 3.16. The van der Waals surface area contributed by atoms with E-state index in [0.717, 1.165) is 10.9 Å². The summed E-state index contributed by atoms with van der Waals surface area (Å²) in [6.07, 6.45) is -1.40. The number of nitrogens with zero attached hydrogens (tertiary/aromatic N) is 4. The second-order valence-corrected chi connectivity index (χ2v) is 4.80. The Kier molecular flexibility index (Phi) is 3.01. The fraction of sp³-hybridized carbons (Fsp3) is 0.500. The molecule has 0 spiro atoms. The van der Waals surface area contributed by atoms with E-state index in [-0.39, 0.29) is 28.7 Å². The average molecular weight is 304 g/mol. The standard InChI is InChI=1S/C10H11ClFN5O3/c11-9-15-7(13)6-8(16-9)17(3-14-6)10(12)1-4(19)5(2-18)20-10/h3-5,18-19H,1-2H2,(H2,13,15,16)/t4-,5+,10-/m0/s1. The number of anilines is 1. The van der Waals surface area contributed by atoms with E-state index >= 15 is 0 Å². The molecule has 20 heavy (non-hydrogen) atoms. The van der Waals surface area contributed by atoms with E-state index in [9.17, 15) is 9.50 Å². The van der Waals surface area contributed by atoms with Gasteiger partial charge in [0.25, 0.3) is 5.98 Å². The molecular weight excluding hydrogens is 293 g/mol. The maximum Gasteiger partial charge on any atom is 0.298 e. The number of fused-ring (bicyclic) bond motifs is 1. The van der Waals surface area contributed by atoms with E-state index in [0.29, 0.717) is 0 Å². The van der Waals surface area contributed by atoms with Crippen molar-refractivity contribution in [3.63, 3.8) is 0 Å². The fourth-order valence-corrected chi connectivity index (χ4v) is 2.37. The molecule has 1 fully saturated rings. The molecule has 0 bridgehead atoms. The molecule has 2 aromatic heterocycles. The van der Waals surface area contributed by atoms with Crippen molar-refractivity contribution < 1.29 is 19.3 Å². The van der Waals surface area contributed by atoms with Crippen LogP contribution < -0.4 is 5.73 Å². The van der Waals surface area contributed by atoms with Gasteiger partial charge in [-0.2, -0.15) is 14.4 Å². The summed E-state index contributed by atoms with van der Waals surface area (Å²) < 4.78 is 20.9. The van der Waals surface area contributed by atoms with Crippen LogP contribution in [0.15, 0.2) is 6.33 Å². The highest BCUT2D eigenvalue weighted by Crippen LogP contribution is 2.38. The van der Waals surface area contributed by atoms with Gasteiger partial charge in [0.1, 0.15) is 17.9 Å². The second kappa shape index (κ2) is 4.48. The third-order valence-corrected chi connectivity index (χ3v) is 3.33. The van der Waals surface area contributed by atoms with Crippen LogP contribution in [0.2, 0.25) is 5.28 Å². The number of aliphatic hydroxyl groups excluding tert-OH is 2. The molecule has 8 nitrogen and oxygen atoms in total. The highest BCUT2D eigenvalue weighted by Gasteiger charge is 2.49. The molecule has 1 aliphatic rings. The van der Waals surface area contributed by atoms with Gasteiger partial charge in [-0.1, -0.05) is 0 Å². The van der Waals surface area contributed by atoms with Crippen LogP contribution in [0, 0.1) is 0 Å². The minimum atomic E-state index is -2.38. The van der Waals surface area contributed by atoms with E-state index in [1.54, 1.807) is 0 Å². The summed E-state index contributed by atoms with van der Waals surface area (Å²) in [6.45, 7) is -0.503. The van der Waals surface area contributed by atoms with Crippen molar-refractivity contribution in [2.24, 2.45) is 0 Å². The van der Waals surface area contributed by atoms with E-state index in [1.165, 1.54) is 0 Å². The molecule has 4 N–H and O–H groups in total. The number of aliphatic hydroxyl groups is 2. The van der Waals surface area contributed by atoms with Crippen molar-refractivity contribution in [3.05, 3.63) is 11.6 Å². The van der Waals surface area contributed by atoms with Gasteiger partial charge in [-0.25, -0.2) is 4.98 Å². The maximum absolute atomic E-state index is 14.8. The number of hydrogen-bond acceptors (Lipinski definition) is 7. The Morgan fingerprint density at radius 2 is 2.35 bits per heavy atom. The Balaban J connectivity index is 2.11. The quantitative estimate of drug-likeness (QED) is 0.656. The lowest BCUT2D eigenvalue weighted by molar-refractivity contribution is -0.200. The maximum atomic E-state index is 14.8. The Bertz CT molecular complexity index is 668. The smallest absolute Gasteiger partial charge is 0.298 e. The number of ether oxygens (including phenoxy) is 1. The SMILES string of the molecule is Nc1nc(Cl)nc2c1ncn2[C@@]1(F)C[C@H](O)[C@@H](CO)O1. The van der Waals surface area contributed by atoms with Crippen molar-refractivity contribution in [1.29, 1.82) is 0 Å². The van der Waals surface area contributed by atoms with Gasteiger partial charge in [-0.15, -0.1) is 0 Å². The predicted octanol–water partition coefficient (Wildman–Crippen LogP) is -0.216. The van der Waals surface area contributed by atoms with Crippen molar-refractivity contribution >= 4 is 28.6 Å². The molecule has 0 saturated carbocycles. The summed E-state index contributed by atoms with van der Waals surface area (Å²) in [7, 11) is 0. The zero-order valence-corrected chi connectivity index (χ0v) is 10.8. The normalized spacial score (nSPS) is 30.2. The highest BCUT2D eigenvalue weighted by molar-refractivity contribution is 6.28. The second-order valence-electron chi connectivity index (χ2n) is 4.46. The third kappa shape index (κ3) is 1.90. The van der Waals surface area contributed by atoms with Gasteiger partial charge in [-0.05, 0) is 11.6 Å². The first-order chi connectivity index (χ1) is 9.44. The molecule has 0 amide bonds. The van der Waals surface area contributed by atoms with Crippen LogP contribution in [0.1, 0.15) is 6.42 Å². The molecule has 0 aromatic carbocycles. The van der Waals surface area contributed by atoms with Crippen molar-refractivity contribution in [3.8, 4) is 0 Å². The van der Waals surface area contributed by atoms with E-state index in [4.69, 9.17) is 27.2 Å². The van der Waals surface area contributed by atoms with Crippen LogP contribution in [0.25, 0.3) is 11.2 Å². The van der Waals surface area contributed by atoms with Crippen LogP contribution >= 0.6 is 11.6 Å². The summed E-state index contributed by atoms with van der Waals surface area (Å²) in [5.74, 6) is -2.37. The van der Waals surface area contributed by atoms with Gasteiger partial charge in [0, 0.05) is 0 Å². The van der Waals surface area contributed by atoms with Crippen LogP contribution in [0.5, 0.6) is 0 Å². The van der Waals surface area contributed by atoms with Crippen molar-refractivity contribution in [1.82, 2.24) is 19.5 Å². The van der Waals surface area contributed by atoms with Crippen LogP contribution in [0.4, 0.5) is 10.2 Å². The minimum Gasteiger partial charge on any atom is -0.394 e. The van der Waals surface area contributed by atoms with E-state index in [1.807, 2.05) is 0 Å². The number of hydrogen-bond donors (Lipinski definition) is 3. The zero-order valence-electron chi connectivity index (χ0n) is 10.1. The molecular formula is C10H11ClFN5O3. The Hall–Kier alpha value is -1.55. The number of nitrogens with two attached hydrogens (primary N) is 1. The van der Waals surface area contributed by atoms with Gasteiger partial charge in [-0.3, -0.25) is 4.57 Å². The fourth-order valence-electron chi connectivity index (χ4n) is 2.20. The first kappa shape index (κ1) is 13.4. The minimum absolute atomic E-state index is 0.0135. The van der Waals surface area contributed by atoms with Crippen LogP contribution in [-0.4, -0.2) is 48.5 Å². The number of imidazole rings is 1. The lowest BCUT2D eigenvalue weighted by atomic mass is 10.2. The Morgan fingerprint density at radius 1 is 1.60 bits per heavy atom. The number of halogens is 2. The number of alkyl halides is 1. The molecule has 1 aliphatic heterocycles. The molecule has 108 valence electrons. The summed E-state index contributed by atoms with van der Waals surface area (Å²) in [5, 5.41) is 18.5. The molecule has 3 heterocycles. The molecule has 3 rings (SSSR count). The van der Waals surface area contributed by atoms with Gasteiger partial charge >= 0.3 is 0 Å². The summed E-state index contributed by atoms with van der Waals surface area (Å²) in [4.78, 5) is 11.5. The molecule has 10 heteroatoms. The molecule has 0 aliphatic carbocycles. The van der Waals surface area contributed by atoms with Gasteiger partial charge < -0.3 is 20.7 Å². The molecule has 3 atom stereocenters. The number of aromatic nitrogens is 4. The topological polar surface area (TPSA) is 119 Å². The average Bonchev–Trinajstić information content (AvgIpc) is 2.91. The lowest BCUT2D eigenvalue weighted by Gasteiger charge is -2.21. The molecule has 1 saturated heterocycles. The molecule has 0 radical (unpaired) electrons. The largest absolute Gasteiger partial charge is 0.394 e. The van der Waals surface area contributed by atoms with Crippen LogP contribution in [0.3, 0.4) is 0 Å². The molecule has 2 aromatic rings. The first-order valence-electron chi connectivity index (χ1n) is 5.77. The highest BCUT2D eigenvalue weighted by atomic mass is 35.5. The van der Waals surface area contributed by atoms with Crippen molar-refractivity contribution in [2.45, 2.75) is 24.6 Å².